The molecule has 4 unspecified atom stereocenters. The highest BCUT2D eigenvalue weighted by molar-refractivity contribution is 7.47. The van der Waals surface area contributed by atoms with Crippen LogP contribution >= 0.6 is 15.6 Å². The monoisotopic (exact) mass is 1350 g/mol. The second-order valence-electron chi connectivity index (χ2n) is 27.8. The minimum Gasteiger partial charge on any atom is -0.462 e. The van der Waals surface area contributed by atoms with Crippen LogP contribution in [0.1, 0.15) is 364 Å². The highest BCUT2D eigenvalue weighted by Crippen LogP contribution is 2.45. The van der Waals surface area contributed by atoms with E-state index in [4.69, 9.17) is 37.0 Å². The van der Waals surface area contributed by atoms with E-state index in [1.54, 1.807) is 0 Å². The normalized spacial score (nSPS) is 14.8. The van der Waals surface area contributed by atoms with Crippen LogP contribution in [0, 0.1) is 23.7 Å². The molecule has 3 N–H and O–H groups in total. The molecule has 0 spiro atoms. The quantitative estimate of drug-likeness (QED) is 0.0222. The zero-order valence-electron chi connectivity index (χ0n) is 60.2. The van der Waals surface area contributed by atoms with Crippen molar-refractivity contribution < 1.29 is 80.2 Å². The minimum absolute atomic E-state index is 0.103. The Bertz CT molecular complexity index is 1820. The van der Waals surface area contributed by atoms with E-state index >= 15 is 0 Å². The van der Waals surface area contributed by atoms with Gasteiger partial charge in [-0.2, -0.15) is 0 Å². The first-order chi connectivity index (χ1) is 44.2. The highest BCUT2D eigenvalue weighted by Gasteiger charge is 2.30. The fraction of sp³-hybridized carbons (Fsp3) is 0.945. The average Bonchev–Trinajstić information content (AvgIpc) is 3.12. The first-order valence-electron chi connectivity index (χ1n) is 37.8. The van der Waals surface area contributed by atoms with Crippen molar-refractivity contribution in [1.29, 1.82) is 0 Å². The molecule has 0 saturated carbocycles. The summed E-state index contributed by atoms with van der Waals surface area (Å²) in [6.07, 6.45) is 46.1. The number of hydrogen-bond donors (Lipinski definition) is 3. The molecule has 0 fully saturated rings. The largest absolute Gasteiger partial charge is 0.472 e. The Morgan fingerprint density at radius 2 is 0.522 bits per heavy atom. The zero-order chi connectivity index (χ0) is 68.2. The Labute approximate surface area is 562 Å². The van der Waals surface area contributed by atoms with E-state index in [1.807, 2.05) is 0 Å². The van der Waals surface area contributed by atoms with Crippen molar-refractivity contribution in [2.75, 3.05) is 39.6 Å². The van der Waals surface area contributed by atoms with Gasteiger partial charge in [-0.05, 0) is 49.4 Å². The summed E-state index contributed by atoms with van der Waals surface area (Å²) in [6, 6.07) is 0. The van der Waals surface area contributed by atoms with Crippen LogP contribution in [-0.2, 0) is 65.4 Å². The smallest absolute Gasteiger partial charge is 0.462 e. The summed E-state index contributed by atoms with van der Waals surface area (Å²) < 4.78 is 68.3. The molecule has 92 heavy (non-hydrogen) atoms. The standard InChI is InChI=1S/C73H142O17P2/c1-9-65(7)51-43-35-26-23-24-28-40-48-56-73(78)90-68(59-83-70(75)53-45-37-31-29-34-42-50-64(5)6)61-87-91(79,80)85-57-67(74)58-86-92(81,82)88-62-69(60-84-71(76)54-46-38-32-30-36-44-52-66(8)10-2)89-72(77)55-47-39-27-22-20-18-16-14-12-11-13-15-17-19-21-25-33-41-49-63(3)4/h63-69,74H,9-62H2,1-8H3,(H,79,80)(H,81,82)/t65?,66?,67-,68+,69+/m0/s1. The summed E-state index contributed by atoms with van der Waals surface area (Å²) in [4.78, 5) is 72.6. The van der Waals surface area contributed by atoms with Gasteiger partial charge in [-0.15, -0.1) is 0 Å². The van der Waals surface area contributed by atoms with Crippen molar-refractivity contribution in [3.63, 3.8) is 0 Å². The van der Waals surface area contributed by atoms with E-state index in [2.05, 4.69) is 55.4 Å². The lowest BCUT2D eigenvalue weighted by atomic mass is 9.99. The van der Waals surface area contributed by atoms with Gasteiger partial charge < -0.3 is 33.8 Å². The molecule has 0 amide bonds. The van der Waals surface area contributed by atoms with Crippen molar-refractivity contribution in [2.24, 2.45) is 23.7 Å². The summed E-state index contributed by atoms with van der Waals surface area (Å²) in [7, 11) is -9.91. The Balaban J connectivity index is 5.17. The lowest BCUT2D eigenvalue weighted by Crippen LogP contribution is -2.30. The predicted octanol–water partition coefficient (Wildman–Crippen LogP) is 20.9. The van der Waals surface area contributed by atoms with Crippen LogP contribution < -0.4 is 0 Å². The van der Waals surface area contributed by atoms with E-state index in [1.165, 1.54) is 154 Å². The van der Waals surface area contributed by atoms with E-state index in [0.29, 0.717) is 31.6 Å². The molecule has 0 heterocycles. The summed E-state index contributed by atoms with van der Waals surface area (Å²) in [5.41, 5.74) is 0. The number of carbonyl (C=O) groups is 4. The van der Waals surface area contributed by atoms with E-state index in [-0.39, 0.29) is 25.7 Å². The number of rotatable bonds is 70. The van der Waals surface area contributed by atoms with Crippen molar-refractivity contribution >= 4 is 39.5 Å². The van der Waals surface area contributed by atoms with Gasteiger partial charge in [0, 0.05) is 25.7 Å². The van der Waals surface area contributed by atoms with Crippen LogP contribution in [-0.4, -0.2) is 96.7 Å². The van der Waals surface area contributed by atoms with Crippen molar-refractivity contribution in [3.8, 4) is 0 Å². The second-order valence-corrected chi connectivity index (χ2v) is 30.7. The lowest BCUT2D eigenvalue weighted by Gasteiger charge is -2.21. The minimum atomic E-state index is -4.95. The number of hydrogen-bond acceptors (Lipinski definition) is 15. The molecule has 0 aliphatic heterocycles. The van der Waals surface area contributed by atoms with Crippen LogP contribution in [0.5, 0.6) is 0 Å². The summed E-state index contributed by atoms with van der Waals surface area (Å²) in [5.74, 6) is 0.869. The molecule has 7 atom stereocenters. The number of aliphatic hydroxyl groups is 1. The maximum Gasteiger partial charge on any atom is 0.472 e. The molecule has 0 saturated heterocycles. The van der Waals surface area contributed by atoms with Gasteiger partial charge in [0.1, 0.15) is 19.3 Å². The summed E-state index contributed by atoms with van der Waals surface area (Å²) in [5, 5.41) is 10.6. The van der Waals surface area contributed by atoms with Crippen LogP contribution in [0.15, 0.2) is 0 Å². The lowest BCUT2D eigenvalue weighted by molar-refractivity contribution is -0.161. The molecular formula is C73H142O17P2. The number of carbonyl (C=O) groups excluding carboxylic acids is 4. The van der Waals surface area contributed by atoms with Gasteiger partial charge in [-0.25, -0.2) is 9.13 Å². The molecule has 546 valence electrons. The third-order valence-electron chi connectivity index (χ3n) is 17.5. The predicted molar refractivity (Wildman–Crippen MR) is 372 cm³/mol. The Kier molecular flexibility index (Phi) is 61.3. The van der Waals surface area contributed by atoms with Gasteiger partial charge in [0.25, 0.3) is 0 Å². The molecule has 0 aliphatic carbocycles. The van der Waals surface area contributed by atoms with Crippen molar-refractivity contribution in [1.82, 2.24) is 0 Å². The fourth-order valence-electron chi connectivity index (χ4n) is 11.0. The molecule has 17 nitrogen and oxygen atoms in total. The Morgan fingerprint density at radius 1 is 0.304 bits per heavy atom. The van der Waals surface area contributed by atoms with Gasteiger partial charge in [0.05, 0.1) is 26.4 Å². The van der Waals surface area contributed by atoms with E-state index < -0.39 is 97.5 Å². The number of aliphatic hydroxyl groups excluding tert-OH is 1. The topological polar surface area (TPSA) is 237 Å². The van der Waals surface area contributed by atoms with Gasteiger partial charge in [-0.3, -0.25) is 37.3 Å². The van der Waals surface area contributed by atoms with Crippen LogP contribution in [0.25, 0.3) is 0 Å². The fourth-order valence-corrected chi connectivity index (χ4v) is 12.5. The van der Waals surface area contributed by atoms with Gasteiger partial charge in [0.2, 0.25) is 0 Å². The second kappa shape index (κ2) is 62.6. The van der Waals surface area contributed by atoms with Crippen LogP contribution in [0.2, 0.25) is 0 Å². The number of ether oxygens (including phenoxy) is 4. The maximum absolute atomic E-state index is 13.0. The molecule has 0 rings (SSSR count). The SMILES string of the molecule is CCC(C)CCCCCCCCCCC(=O)O[C@H](COC(=O)CCCCCCCCC(C)C)COP(=O)(O)OC[C@H](O)COP(=O)(O)OC[C@@H](COC(=O)CCCCCCCCC(C)CC)OC(=O)CCCCCCCCCCCCCCCCCCCCC(C)C. The van der Waals surface area contributed by atoms with E-state index in [9.17, 15) is 43.2 Å². The van der Waals surface area contributed by atoms with Crippen molar-refractivity contribution in [2.45, 2.75) is 382 Å². The number of esters is 4. The number of phosphoric acid groups is 2. The molecule has 19 heteroatoms. The van der Waals surface area contributed by atoms with Crippen LogP contribution in [0.4, 0.5) is 0 Å². The molecule has 0 bridgehead atoms. The zero-order valence-corrected chi connectivity index (χ0v) is 62.0. The van der Waals surface area contributed by atoms with Gasteiger partial charge >= 0.3 is 39.5 Å². The average molecular weight is 1350 g/mol. The third kappa shape index (κ3) is 64.1. The first-order valence-corrected chi connectivity index (χ1v) is 40.8. The maximum atomic E-state index is 13.0. The molecule has 0 aromatic carbocycles. The Morgan fingerprint density at radius 3 is 0.772 bits per heavy atom. The van der Waals surface area contributed by atoms with Crippen LogP contribution in [0.3, 0.4) is 0 Å². The summed E-state index contributed by atoms with van der Waals surface area (Å²) in [6.45, 7) is 14.1. The van der Waals surface area contributed by atoms with Gasteiger partial charge in [-0.1, -0.05) is 312 Å². The summed E-state index contributed by atoms with van der Waals surface area (Å²) >= 11 is 0. The third-order valence-corrected chi connectivity index (χ3v) is 19.4. The van der Waals surface area contributed by atoms with Crippen molar-refractivity contribution in [3.05, 3.63) is 0 Å². The highest BCUT2D eigenvalue weighted by atomic mass is 31.2. The molecule has 0 aromatic rings. The number of unbranched alkanes of at least 4 members (excludes halogenated alkanes) is 34. The van der Waals surface area contributed by atoms with Gasteiger partial charge in [0.15, 0.2) is 12.2 Å². The number of phosphoric ester groups is 2. The first kappa shape index (κ1) is 90.1. The molecule has 0 aromatic heterocycles. The Hall–Kier alpha value is -1.94. The van der Waals surface area contributed by atoms with E-state index in [0.717, 1.165) is 120 Å². The molecule has 0 radical (unpaired) electrons. The molecular weight excluding hydrogens is 1210 g/mol. The molecule has 0 aliphatic rings.